The van der Waals surface area contributed by atoms with Crippen molar-refractivity contribution in [2.24, 2.45) is 17.8 Å². The van der Waals surface area contributed by atoms with Gasteiger partial charge in [-0.3, -0.25) is 9.20 Å². The van der Waals surface area contributed by atoms with Gasteiger partial charge in [0, 0.05) is 23.6 Å². The van der Waals surface area contributed by atoms with Crippen molar-refractivity contribution in [1.82, 2.24) is 9.55 Å². The van der Waals surface area contributed by atoms with Gasteiger partial charge in [-0.05, 0) is 24.3 Å². The van der Waals surface area contributed by atoms with Gasteiger partial charge in [-0.1, -0.05) is 13.0 Å². The Morgan fingerprint density at radius 1 is 1.36 bits per heavy atom. The number of benzene rings is 1. The molecule has 0 fully saturated rings. The minimum absolute atomic E-state index is 0.219. The van der Waals surface area contributed by atoms with Crippen molar-refractivity contribution in [3.8, 4) is 0 Å². The number of aliphatic imine (C=N–C) groups is 1. The molecule has 3 unspecified atom stereocenters. The lowest BCUT2D eigenvalue weighted by molar-refractivity contribution is -0.137. The average molecular weight is 370 g/mol. The molecule has 0 amide bonds. The van der Waals surface area contributed by atoms with Crippen LogP contribution in [0.1, 0.15) is 24.4 Å². The molecule has 0 aliphatic carbocycles. The number of nitrogens with two attached hydrogens (primary N) is 1. The van der Waals surface area contributed by atoms with Gasteiger partial charge >= 0.3 is 6.18 Å². The molecule has 0 spiro atoms. The summed E-state index contributed by atoms with van der Waals surface area (Å²) in [7, 11) is 0.512. The number of imidazole rings is 1. The van der Waals surface area contributed by atoms with E-state index in [1.807, 2.05) is 0 Å². The van der Waals surface area contributed by atoms with Gasteiger partial charge < -0.3 is 10.3 Å². The molecule has 2 N–H and O–H groups in total. The van der Waals surface area contributed by atoms with E-state index in [0.717, 1.165) is 12.1 Å². The van der Waals surface area contributed by atoms with Crippen LogP contribution in [0.5, 0.6) is 0 Å². The summed E-state index contributed by atoms with van der Waals surface area (Å²) in [5, 5.41) is -0.421. The number of hydrogen-bond donors (Lipinski definition) is 1. The van der Waals surface area contributed by atoms with Crippen LogP contribution in [0.25, 0.3) is 11.0 Å². The van der Waals surface area contributed by atoms with Crippen molar-refractivity contribution in [2.75, 3.05) is 5.75 Å². The molecule has 25 heavy (non-hydrogen) atoms. The highest BCUT2D eigenvalue weighted by Crippen LogP contribution is 2.34. The van der Waals surface area contributed by atoms with Crippen molar-refractivity contribution < 1.29 is 17.4 Å². The lowest BCUT2D eigenvalue weighted by Gasteiger charge is -2.23. The normalized spacial score (nSPS) is 22.2. The minimum Gasteiger partial charge on any atom is -0.384 e. The smallest absolute Gasteiger partial charge is 0.384 e. The van der Waals surface area contributed by atoms with Gasteiger partial charge in [-0.25, -0.2) is 4.98 Å². The van der Waals surface area contributed by atoms with Crippen molar-refractivity contribution in [1.29, 1.82) is 0 Å². The summed E-state index contributed by atoms with van der Waals surface area (Å²) >= 11 is 0. The van der Waals surface area contributed by atoms with Crippen LogP contribution in [0, 0.1) is 0 Å². The molecule has 3 rings (SSSR count). The molecule has 2 aromatic rings. The number of amidine groups is 1. The molecule has 134 valence electrons. The van der Waals surface area contributed by atoms with Crippen molar-refractivity contribution in [3.05, 3.63) is 41.7 Å². The SMILES string of the molecule is CCS(=O)C1C=CC(N)=NC1c1nc2cc(C(F)(F)F)ccc2n1C. The highest BCUT2D eigenvalue weighted by molar-refractivity contribution is 7.85. The zero-order chi connectivity index (χ0) is 18.4. The Labute approximate surface area is 144 Å². The zero-order valence-corrected chi connectivity index (χ0v) is 14.4. The van der Waals surface area contributed by atoms with Gasteiger partial charge in [0.1, 0.15) is 17.7 Å². The summed E-state index contributed by atoms with van der Waals surface area (Å²) in [6.45, 7) is 1.80. The number of alkyl halides is 3. The fraction of sp³-hybridized carbons (Fsp3) is 0.375. The van der Waals surface area contributed by atoms with E-state index >= 15 is 0 Å². The summed E-state index contributed by atoms with van der Waals surface area (Å²) in [6, 6.07) is 2.81. The topological polar surface area (TPSA) is 73.3 Å². The first-order valence-corrected chi connectivity index (χ1v) is 9.02. The van der Waals surface area contributed by atoms with E-state index in [4.69, 9.17) is 5.73 Å². The van der Waals surface area contributed by atoms with Crippen LogP contribution in [-0.4, -0.2) is 30.6 Å². The summed E-state index contributed by atoms with van der Waals surface area (Å²) in [5.74, 6) is 1.15. The van der Waals surface area contributed by atoms with Crippen LogP contribution in [0.2, 0.25) is 0 Å². The molecule has 2 heterocycles. The second kappa shape index (κ2) is 6.29. The third-order valence-electron chi connectivity index (χ3n) is 4.15. The van der Waals surface area contributed by atoms with E-state index in [1.54, 1.807) is 30.7 Å². The molecule has 0 radical (unpaired) electrons. The zero-order valence-electron chi connectivity index (χ0n) is 13.6. The maximum Gasteiger partial charge on any atom is 0.416 e. The summed E-state index contributed by atoms with van der Waals surface area (Å²) in [5.41, 5.74) is 5.78. The van der Waals surface area contributed by atoms with E-state index in [2.05, 4.69) is 9.98 Å². The fourth-order valence-electron chi connectivity index (χ4n) is 2.86. The molecule has 0 saturated heterocycles. The van der Waals surface area contributed by atoms with Gasteiger partial charge in [-0.2, -0.15) is 13.2 Å². The lowest BCUT2D eigenvalue weighted by atomic mass is 10.1. The van der Waals surface area contributed by atoms with E-state index in [1.165, 1.54) is 6.07 Å². The molecule has 3 atom stereocenters. The number of dihydropyridines is 1. The number of aryl methyl sites for hydroxylation is 1. The monoisotopic (exact) mass is 370 g/mol. The van der Waals surface area contributed by atoms with Crippen molar-refractivity contribution in [3.63, 3.8) is 0 Å². The third kappa shape index (κ3) is 3.20. The highest BCUT2D eigenvalue weighted by Gasteiger charge is 2.33. The van der Waals surface area contributed by atoms with Crippen LogP contribution in [0.4, 0.5) is 13.2 Å². The van der Waals surface area contributed by atoms with Crippen LogP contribution >= 0.6 is 0 Å². The molecular weight excluding hydrogens is 353 g/mol. The first-order valence-electron chi connectivity index (χ1n) is 7.64. The first-order chi connectivity index (χ1) is 11.7. The summed E-state index contributed by atoms with van der Waals surface area (Å²) in [4.78, 5) is 8.68. The molecule has 1 aliphatic rings. The average Bonchev–Trinajstić information content (AvgIpc) is 2.89. The van der Waals surface area contributed by atoms with Crippen molar-refractivity contribution >= 4 is 27.7 Å². The number of hydrogen-bond acceptors (Lipinski definition) is 4. The van der Waals surface area contributed by atoms with E-state index in [0.29, 0.717) is 17.1 Å². The predicted octanol–water partition coefficient (Wildman–Crippen LogP) is 2.70. The standard InChI is InChI=1S/C16H17F3N4OS/c1-3-25(24)12-6-7-13(20)22-14(12)15-21-10-8-9(16(17,18)19)4-5-11(10)23(15)2/h4-8,12,14H,3H2,1-2H3,(H2,20,22). The van der Waals surface area contributed by atoms with Gasteiger partial charge in [0.25, 0.3) is 0 Å². The number of nitrogens with zero attached hydrogens (tertiary/aromatic N) is 3. The van der Waals surface area contributed by atoms with E-state index in [-0.39, 0.29) is 11.4 Å². The third-order valence-corrected chi connectivity index (χ3v) is 5.74. The van der Waals surface area contributed by atoms with Crippen LogP contribution < -0.4 is 5.73 Å². The van der Waals surface area contributed by atoms with E-state index < -0.39 is 33.8 Å². The van der Waals surface area contributed by atoms with Gasteiger partial charge in [-0.15, -0.1) is 0 Å². The first kappa shape index (κ1) is 17.7. The number of fused-ring (bicyclic) bond motifs is 1. The quantitative estimate of drug-likeness (QED) is 0.903. The number of halogens is 3. The van der Waals surface area contributed by atoms with Gasteiger partial charge in [0.05, 0.1) is 21.8 Å². The number of aromatic nitrogens is 2. The predicted molar refractivity (Wildman–Crippen MR) is 91.7 cm³/mol. The molecule has 1 aliphatic heterocycles. The molecule has 0 bridgehead atoms. The summed E-state index contributed by atoms with van der Waals surface area (Å²) < 4.78 is 52.8. The Kier molecular flexibility index (Phi) is 4.44. The Balaban J connectivity index is 2.12. The molecule has 9 heteroatoms. The molecule has 1 aromatic heterocycles. The number of rotatable bonds is 3. The fourth-order valence-corrected chi connectivity index (χ4v) is 3.97. The molecular formula is C16H17F3N4OS. The van der Waals surface area contributed by atoms with Crippen LogP contribution in [0.3, 0.4) is 0 Å². The van der Waals surface area contributed by atoms with Crippen LogP contribution in [-0.2, 0) is 24.0 Å². The Morgan fingerprint density at radius 3 is 2.72 bits per heavy atom. The maximum atomic E-state index is 12.9. The Bertz CT molecular complexity index is 901. The lowest BCUT2D eigenvalue weighted by Crippen LogP contribution is -2.29. The maximum absolute atomic E-state index is 12.9. The van der Waals surface area contributed by atoms with E-state index in [9.17, 15) is 17.4 Å². The summed E-state index contributed by atoms with van der Waals surface area (Å²) in [6.07, 6.45) is -1.11. The Morgan fingerprint density at radius 2 is 2.08 bits per heavy atom. The van der Waals surface area contributed by atoms with Crippen molar-refractivity contribution in [2.45, 2.75) is 24.4 Å². The second-order valence-corrected chi connectivity index (χ2v) is 7.61. The highest BCUT2D eigenvalue weighted by atomic mass is 32.2. The Hall–Kier alpha value is -2.16. The largest absolute Gasteiger partial charge is 0.416 e. The molecule has 1 aromatic carbocycles. The van der Waals surface area contributed by atoms with Crippen LogP contribution in [0.15, 0.2) is 35.3 Å². The molecule has 5 nitrogen and oxygen atoms in total. The molecule has 0 saturated carbocycles. The van der Waals surface area contributed by atoms with Gasteiger partial charge in [0.2, 0.25) is 0 Å². The minimum atomic E-state index is -4.44. The van der Waals surface area contributed by atoms with Gasteiger partial charge in [0.15, 0.2) is 0 Å². The second-order valence-electron chi connectivity index (χ2n) is 5.72.